The lowest BCUT2D eigenvalue weighted by atomic mass is 9.93. The molecule has 0 aliphatic heterocycles. The molecule has 1 aromatic rings. The van der Waals surface area contributed by atoms with Gasteiger partial charge < -0.3 is 15.7 Å². The fourth-order valence-electron chi connectivity index (χ4n) is 1.10. The highest BCUT2D eigenvalue weighted by Crippen LogP contribution is 2.14. The second-order valence-electron chi connectivity index (χ2n) is 4.68. The van der Waals surface area contributed by atoms with Crippen molar-refractivity contribution in [1.82, 2.24) is 10.6 Å². The third-order valence-corrected chi connectivity index (χ3v) is 3.62. The van der Waals surface area contributed by atoms with E-state index in [1.54, 1.807) is 18.3 Å². The molecule has 4 nitrogen and oxygen atoms in total. The Morgan fingerprint density at radius 1 is 1.53 bits per heavy atom. The van der Waals surface area contributed by atoms with E-state index < -0.39 is 5.60 Å². The van der Waals surface area contributed by atoms with Crippen LogP contribution in [0.1, 0.15) is 26.3 Å². The Balaban J connectivity index is 2.26. The molecule has 1 atom stereocenters. The number of amides is 2. The second-order valence-corrected chi connectivity index (χ2v) is 5.46. The van der Waals surface area contributed by atoms with Crippen LogP contribution in [0, 0.1) is 5.92 Å². The number of aliphatic hydroxyl groups is 1. The van der Waals surface area contributed by atoms with Crippen molar-refractivity contribution in [2.75, 3.05) is 6.54 Å². The molecular formula is C12H20N2O2S. The molecule has 0 aliphatic rings. The number of nitrogens with one attached hydrogen (secondary N) is 2. The Kier molecular flexibility index (Phi) is 4.96. The average molecular weight is 256 g/mol. The quantitative estimate of drug-likeness (QED) is 0.754. The van der Waals surface area contributed by atoms with Crippen LogP contribution in [0.4, 0.5) is 4.79 Å². The van der Waals surface area contributed by atoms with E-state index in [0.29, 0.717) is 6.54 Å². The van der Waals surface area contributed by atoms with Gasteiger partial charge in [-0.15, -0.1) is 0 Å². The summed E-state index contributed by atoms with van der Waals surface area (Å²) in [6.45, 7) is 6.33. The fraction of sp³-hybridized carbons (Fsp3) is 0.583. The van der Waals surface area contributed by atoms with Gasteiger partial charge in [-0.05, 0) is 35.2 Å². The number of carbonyl (C=O) groups is 1. The number of urea groups is 1. The van der Waals surface area contributed by atoms with Gasteiger partial charge in [0.1, 0.15) is 0 Å². The van der Waals surface area contributed by atoms with Crippen LogP contribution in [-0.2, 0) is 6.54 Å². The first-order valence-electron chi connectivity index (χ1n) is 5.67. The molecule has 0 saturated heterocycles. The van der Waals surface area contributed by atoms with Gasteiger partial charge in [0, 0.05) is 13.1 Å². The highest BCUT2D eigenvalue weighted by Gasteiger charge is 2.25. The monoisotopic (exact) mass is 256 g/mol. The SMILES string of the molecule is CC(C)C(C)(O)CNC(=O)NCc1ccsc1. The van der Waals surface area contributed by atoms with Crippen molar-refractivity contribution in [3.05, 3.63) is 22.4 Å². The number of thiophene rings is 1. The zero-order chi connectivity index (χ0) is 12.9. The molecule has 0 aromatic carbocycles. The summed E-state index contributed by atoms with van der Waals surface area (Å²) in [5, 5.41) is 19.3. The second kappa shape index (κ2) is 6.02. The van der Waals surface area contributed by atoms with Gasteiger partial charge in [0.2, 0.25) is 0 Å². The van der Waals surface area contributed by atoms with E-state index in [-0.39, 0.29) is 18.5 Å². The van der Waals surface area contributed by atoms with Crippen molar-refractivity contribution in [3.63, 3.8) is 0 Å². The van der Waals surface area contributed by atoms with Crippen LogP contribution in [0.3, 0.4) is 0 Å². The summed E-state index contributed by atoms with van der Waals surface area (Å²) in [5.41, 5.74) is 0.209. The number of hydrogen-bond acceptors (Lipinski definition) is 3. The van der Waals surface area contributed by atoms with Crippen molar-refractivity contribution in [2.45, 2.75) is 32.9 Å². The fourth-order valence-corrected chi connectivity index (χ4v) is 1.77. The Hall–Kier alpha value is -1.07. The predicted octanol–water partition coefficient (Wildman–Crippen LogP) is 1.95. The number of carbonyl (C=O) groups excluding carboxylic acids is 1. The molecule has 96 valence electrons. The van der Waals surface area contributed by atoms with Gasteiger partial charge in [-0.1, -0.05) is 13.8 Å². The molecule has 3 N–H and O–H groups in total. The van der Waals surface area contributed by atoms with Crippen molar-refractivity contribution in [2.24, 2.45) is 5.92 Å². The van der Waals surface area contributed by atoms with Crippen LogP contribution >= 0.6 is 11.3 Å². The van der Waals surface area contributed by atoms with Gasteiger partial charge in [-0.3, -0.25) is 0 Å². The minimum atomic E-state index is -0.875. The molecule has 0 aliphatic carbocycles. The van der Waals surface area contributed by atoms with Crippen molar-refractivity contribution in [1.29, 1.82) is 0 Å². The molecule has 0 spiro atoms. The predicted molar refractivity (Wildman–Crippen MR) is 70.0 cm³/mol. The van der Waals surface area contributed by atoms with Crippen LogP contribution < -0.4 is 10.6 Å². The van der Waals surface area contributed by atoms with Gasteiger partial charge in [0.05, 0.1) is 5.60 Å². The van der Waals surface area contributed by atoms with Gasteiger partial charge in [-0.2, -0.15) is 11.3 Å². The molecule has 0 radical (unpaired) electrons. The molecule has 1 heterocycles. The van der Waals surface area contributed by atoms with Crippen LogP contribution in [0.25, 0.3) is 0 Å². The topological polar surface area (TPSA) is 61.4 Å². The smallest absolute Gasteiger partial charge is 0.315 e. The van der Waals surface area contributed by atoms with Gasteiger partial charge in [0.25, 0.3) is 0 Å². The van der Waals surface area contributed by atoms with Gasteiger partial charge in [-0.25, -0.2) is 4.79 Å². The average Bonchev–Trinajstić information content (AvgIpc) is 2.76. The molecule has 0 saturated carbocycles. The summed E-state index contributed by atoms with van der Waals surface area (Å²) in [6, 6.07) is 1.71. The Morgan fingerprint density at radius 2 is 2.24 bits per heavy atom. The molecule has 0 fully saturated rings. The van der Waals surface area contributed by atoms with E-state index in [0.717, 1.165) is 5.56 Å². The summed E-state index contributed by atoms with van der Waals surface area (Å²) >= 11 is 1.60. The minimum absolute atomic E-state index is 0.0969. The largest absolute Gasteiger partial charge is 0.388 e. The number of rotatable bonds is 5. The number of hydrogen-bond donors (Lipinski definition) is 3. The van der Waals surface area contributed by atoms with Crippen molar-refractivity contribution >= 4 is 17.4 Å². The third-order valence-electron chi connectivity index (χ3n) is 2.88. The van der Waals surface area contributed by atoms with E-state index >= 15 is 0 Å². The van der Waals surface area contributed by atoms with Crippen molar-refractivity contribution in [3.8, 4) is 0 Å². The maximum Gasteiger partial charge on any atom is 0.315 e. The molecule has 0 bridgehead atoms. The first kappa shape index (κ1) is 14.0. The highest BCUT2D eigenvalue weighted by molar-refractivity contribution is 7.07. The standard InChI is InChI=1S/C12H20N2O2S/c1-9(2)12(3,16)8-14-11(15)13-6-10-4-5-17-7-10/h4-5,7,9,16H,6,8H2,1-3H3,(H2,13,14,15). The zero-order valence-corrected chi connectivity index (χ0v) is 11.3. The third kappa shape index (κ3) is 4.75. The summed E-state index contributed by atoms with van der Waals surface area (Å²) in [7, 11) is 0. The normalized spacial score (nSPS) is 14.4. The summed E-state index contributed by atoms with van der Waals surface area (Å²) in [6.07, 6.45) is 0. The summed E-state index contributed by atoms with van der Waals surface area (Å²) in [4.78, 5) is 11.5. The van der Waals surface area contributed by atoms with Crippen molar-refractivity contribution < 1.29 is 9.90 Å². The zero-order valence-electron chi connectivity index (χ0n) is 10.5. The summed E-state index contributed by atoms with van der Waals surface area (Å²) < 4.78 is 0. The molecule has 1 unspecified atom stereocenters. The molecular weight excluding hydrogens is 236 g/mol. The van der Waals surface area contributed by atoms with E-state index in [2.05, 4.69) is 10.6 Å². The lowest BCUT2D eigenvalue weighted by Crippen LogP contribution is -2.47. The van der Waals surface area contributed by atoms with E-state index in [4.69, 9.17) is 0 Å². The first-order valence-corrected chi connectivity index (χ1v) is 6.61. The molecule has 5 heteroatoms. The van der Waals surface area contributed by atoms with E-state index in [9.17, 15) is 9.90 Å². The maximum absolute atomic E-state index is 11.5. The Morgan fingerprint density at radius 3 is 2.76 bits per heavy atom. The van der Waals surface area contributed by atoms with E-state index in [1.165, 1.54) is 0 Å². The first-order chi connectivity index (χ1) is 7.92. The maximum atomic E-state index is 11.5. The highest BCUT2D eigenvalue weighted by atomic mass is 32.1. The Bertz CT molecular complexity index is 347. The molecule has 2 amide bonds. The minimum Gasteiger partial charge on any atom is -0.388 e. The van der Waals surface area contributed by atoms with Crippen LogP contribution in [0.2, 0.25) is 0 Å². The van der Waals surface area contributed by atoms with Crippen LogP contribution in [0.5, 0.6) is 0 Å². The van der Waals surface area contributed by atoms with Gasteiger partial charge >= 0.3 is 6.03 Å². The Labute approximate surface area is 106 Å². The summed E-state index contributed by atoms with van der Waals surface area (Å²) in [5.74, 6) is 0.0969. The van der Waals surface area contributed by atoms with Crippen LogP contribution in [0.15, 0.2) is 16.8 Å². The molecule has 17 heavy (non-hydrogen) atoms. The van der Waals surface area contributed by atoms with Crippen LogP contribution in [-0.4, -0.2) is 23.3 Å². The molecule has 1 aromatic heterocycles. The molecule has 1 rings (SSSR count). The lowest BCUT2D eigenvalue weighted by molar-refractivity contribution is 0.0166. The lowest BCUT2D eigenvalue weighted by Gasteiger charge is -2.27. The van der Waals surface area contributed by atoms with Gasteiger partial charge in [0.15, 0.2) is 0 Å². The van der Waals surface area contributed by atoms with E-state index in [1.807, 2.05) is 30.7 Å².